The van der Waals surface area contributed by atoms with Crippen molar-refractivity contribution in [1.29, 1.82) is 0 Å². The highest BCUT2D eigenvalue weighted by Crippen LogP contribution is 2.29. The topological polar surface area (TPSA) is 17.1 Å². The van der Waals surface area contributed by atoms with Gasteiger partial charge in [-0.3, -0.25) is 4.79 Å². The number of alkyl halides is 3. The Labute approximate surface area is 102 Å². The Morgan fingerprint density at radius 2 is 1.44 bits per heavy atom. The van der Waals surface area contributed by atoms with E-state index in [0.717, 1.165) is 12.1 Å². The molecular formula is C14H9F3O. The summed E-state index contributed by atoms with van der Waals surface area (Å²) in [5, 5.41) is 0. The molecule has 0 spiro atoms. The fourth-order valence-corrected chi connectivity index (χ4v) is 1.59. The third-order valence-corrected chi connectivity index (χ3v) is 2.49. The number of hydrogen-bond donors (Lipinski definition) is 0. The number of rotatable bonds is 2. The smallest absolute Gasteiger partial charge is 0.289 e. The van der Waals surface area contributed by atoms with Crippen LogP contribution in [-0.2, 0) is 6.18 Å². The maximum absolute atomic E-state index is 12.5. The molecule has 0 atom stereocenters. The molecule has 0 bridgehead atoms. The van der Waals surface area contributed by atoms with Gasteiger partial charge in [-0.15, -0.1) is 0 Å². The van der Waals surface area contributed by atoms with Gasteiger partial charge in [-0.2, -0.15) is 13.2 Å². The Morgan fingerprint density at radius 3 is 2.06 bits per heavy atom. The number of ketones is 1. The molecule has 0 aliphatic heterocycles. The van der Waals surface area contributed by atoms with E-state index in [-0.39, 0.29) is 5.56 Å². The van der Waals surface area contributed by atoms with Crippen LogP contribution in [0.5, 0.6) is 0 Å². The average molecular weight is 251 g/mol. The lowest BCUT2D eigenvalue weighted by Crippen LogP contribution is -2.08. The molecule has 0 aliphatic carbocycles. The molecule has 0 fully saturated rings. The third-order valence-electron chi connectivity index (χ3n) is 2.49. The SMILES string of the molecule is O=[13C](c1ccccc1)c1cccc(C(F)(F)F)c1. The van der Waals surface area contributed by atoms with E-state index in [4.69, 9.17) is 0 Å². The maximum Gasteiger partial charge on any atom is 0.416 e. The third kappa shape index (κ3) is 2.59. The first kappa shape index (κ1) is 12.4. The van der Waals surface area contributed by atoms with Gasteiger partial charge in [-0.05, 0) is 12.1 Å². The normalized spacial score (nSPS) is 11.3. The summed E-state index contributed by atoms with van der Waals surface area (Å²) in [5.74, 6) is -0.415. The van der Waals surface area contributed by atoms with Crippen molar-refractivity contribution >= 4 is 5.78 Å². The molecule has 0 radical (unpaired) electrons. The fourth-order valence-electron chi connectivity index (χ4n) is 1.59. The second-order valence-electron chi connectivity index (χ2n) is 3.77. The van der Waals surface area contributed by atoms with E-state index in [0.29, 0.717) is 5.56 Å². The standard InChI is InChI=1S/C14H9F3O/c15-14(16,17)12-8-4-7-11(9-12)13(18)10-5-2-1-3-6-10/h1-9H/i13+1. The Morgan fingerprint density at radius 1 is 0.833 bits per heavy atom. The average Bonchev–Trinajstić information content (AvgIpc) is 2.38. The quantitative estimate of drug-likeness (QED) is 0.583. The number of benzene rings is 2. The second-order valence-corrected chi connectivity index (χ2v) is 3.77. The molecule has 4 heteroatoms. The molecule has 0 aromatic heterocycles. The summed E-state index contributed by atoms with van der Waals surface area (Å²) in [6.45, 7) is 0. The first-order valence-corrected chi connectivity index (χ1v) is 5.25. The van der Waals surface area contributed by atoms with E-state index in [1.54, 1.807) is 30.3 Å². The number of halogens is 3. The van der Waals surface area contributed by atoms with Crippen LogP contribution in [0.3, 0.4) is 0 Å². The molecule has 0 heterocycles. The minimum atomic E-state index is -4.44. The van der Waals surface area contributed by atoms with Gasteiger partial charge >= 0.3 is 6.18 Å². The second kappa shape index (κ2) is 4.64. The van der Waals surface area contributed by atoms with Crippen molar-refractivity contribution in [1.82, 2.24) is 0 Å². The highest BCUT2D eigenvalue weighted by atomic mass is 19.4. The van der Waals surface area contributed by atoms with E-state index in [9.17, 15) is 18.0 Å². The summed E-state index contributed by atoms with van der Waals surface area (Å²) >= 11 is 0. The van der Waals surface area contributed by atoms with E-state index in [1.807, 2.05) is 0 Å². The molecule has 92 valence electrons. The molecule has 2 aromatic carbocycles. The van der Waals surface area contributed by atoms with E-state index in [2.05, 4.69) is 0 Å². The lowest BCUT2D eigenvalue weighted by molar-refractivity contribution is -0.137. The largest absolute Gasteiger partial charge is 0.416 e. The molecule has 0 amide bonds. The molecule has 0 saturated carbocycles. The predicted octanol–water partition coefficient (Wildman–Crippen LogP) is 3.94. The minimum absolute atomic E-state index is 0.0380. The van der Waals surface area contributed by atoms with Gasteiger partial charge in [0.15, 0.2) is 5.78 Å². The summed E-state index contributed by atoms with van der Waals surface area (Å²) < 4.78 is 37.6. The van der Waals surface area contributed by atoms with Crippen LogP contribution in [0.15, 0.2) is 54.6 Å². The summed E-state index contributed by atoms with van der Waals surface area (Å²) in [7, 11) is 0. The first-order chi connectivity index (χ1) is 8.48. The zero-order chi connectivity index (χ0) is 13.2. The molecule has 18 heavy (non-hydrogen) atoms. The lowest BCUT2D eigenvalue weighted by atomic mass is 10.1. The van der Waals surface area contributed by atoms with Crippen LogP contribution in [-0.4, -0.2) is 5.78 Å². The van der Waals surface area contributed by atoms with Crippen LogP contribution in [0, 0.1) is 0 Å². The Hall–Kier alpha value is -2.10. The number of hydrogen-bond acceptors (Lipinski definition) is 1. The van der Waals surface area contributed by atoms with Gasteiger partial charge in [-0.1, -0.05) is 42.5 Å². The molecule has 0 saturated heterocycles. The number of carbonyl (C=O) groups is 1. The van der Waals surface area contributed by atoms with Crippen molar-refractivity contribution in [3.63, 3.8) is 0 Å². The van der Waals surface area contributed by atoms with Crippen LogP contribution < -0.4 is 0 Å². The fraction of sp³-hybridized carbons (Fsp3) is 0.0714. The molecule has 0 aliphatic rings. The van der Waals surface area contributed by atoms with Crippen LogP contribution in [0.4, 0.5) is 13.2 Å². The molecule has 0 N–H and O–H groups in total. The van der Waals surface area contributed by atoms with Gasteiger partial charge in [0, 0.05) is 11.1 Å². The van der Waals surface area contributed by atoms with Crippen molar-refractivity contribution in [2.75, 3.05) is 0 Å². The molecule has 1 nitrogen and oxygen atoms in total. The Bertz CT molecular complexity index is 559. The van der Waals surface area contributed by atoms with Crippen molar-refractivity contribution in [3.05, 3.63) is 71.3 Å². The molecule has 2 aromatic rings. The first-order valence-electron chi connectivity index (χ1n) is 5.25. The Kier molecular flexibility index (Phi) is 3.19. The number of carbonyl (C=O) groups excluding carboxylic acids is 1. The zero-order valence-corrected chi connectivity index (χ0v) is 9.24. The maximum atomic E-state index is 12.5. The highest BCUT2D eigenvalue weighted by Gasteiger charge is 2.30. The zero-order valence-electron chi connectivity index (χ0n) is 9.24. The van der Waals surface area contributed by atoms with Crippen molar-refractivity contribution in [2.24, 2.45) is 0 Å². The van der Waals surface area contributed by atoms with E-state index < -0.39 is 17.5 Å². The molecule has 2 rings (SSSR count). The summed E-state index contributed by atoms with van der Waals surface area (Å²) in [4.78, 5) is 12.0. The van der Waals surface area contributed by atoms with Gasteiger partial charge in [0.2, 0.25) is 0 Å². The lowest BCUT2D eigenvalue weighted by Gasteiger charge is -2.08. The summed E-state index contributed by atoms with van der Waals surface area (Å²) in [6, 6.07) is 12.6. The van der Waals surface area contributed by atoms with E-state index >= 15 is 0 Å². The molecular weight excluding hydrogens is 242 g/mol. The van der Waals surface area contributed by atoms with Crippen LogP contribution in [0.25, 0.3) is 0 Å². The van der Waals surface area contributed by atoms with Crippen molar-refractivity contribution < 1.29 is 18.0 Å². The van der Waals surface area contributed by atoms with E-state index in [1.165, 1.54) is 12.1 Å². The summed E-state index contributed by atoms with van der Waals surface area (Å²) in [6.07, 6.45) is -4.44. The van der Waals surface area contributed by atoms with Crippen LogP contribution in [0.2, 0.25) is 0 Å². The monoisotopic (exact) mass is 251 g/mol. The van der Waals surface area contributed by atoms with Gasteiger partial charge in [0.25, 0.3) is 0 Å². The van der Waals surface area contributed by atoms with Crippen molar-refractivity contribution in [3.8, 4) is 0 Å². The van der Waals surface area contributed by atoms with Crippen LogP contribution >= 0.6 is 0 Å². The molecule has 0 unspecified atom stereocenters. The van der Waals surface area contributed by atoms with Crippen LogP contribution in [0.1, 0.15) is 21.5 Å². The Balaban J connectivity index is 2.38. The van der Waals surface area contributed by atoms with Crippen molar-refractivity contribution in [2.45, 2.75) is 6.18 Å². The van der Waals surface area contributed by atoms with Gasteiger partial charge < -0.3 is 0 Å². The predicted molar refractivity (Wildman–Crippen MR) is 61.3 cm³/mol. The minimum Gasteiger partial charge on any atom is -0.289 e. The van der Waals surface area contributed by atoms with Gasteiger partial charge in [-0.25, -0.2) is 0 Å². The van der Waals surface area contributed by atoms with Gasteiger partial charge in [0.1, 0.15) is 0 Å². The van der Waals surface area contributed by atoms with Gasteiger partial charge in [0.05, 0.1) is 5.56 Å². The summed E-state index contributed by atoms with van der Waals surface area (Å²) in [5.41, 5.74) is -0.405. The highest BCUT2D eigenvalue weighted by molar-refractivity contribution is 6.09.